The highest BCUT2D eigenvalue weighted by atomic mass is 35.5. The summed E-state index contributed by atoms with van der Waals surface area (Å²) in [6.45, 7) is 0. The quantitative estimate of drug-likeness (QED) is 0.845. The number of benzene rings is 1. The molecular formula is C11H9Cl2FO2. The Balaban J connectivity index is 2.48. The number of hydrogen-bond acceptors (Lipinski definition) is 1. The van der Waals surface area contributed by atoms with E-state index >= 15 is 0 Å². The van der Waals surface area contributed by atoms with Gasteiger partial charge in [0.15, 0.2) is 0 Å². The number of halogens is 3. The third-order valence-electron chi connectivity index (χ3n) is 2.92. The fraction of sp³-hybridized carbons (Fsp3) is 0.364. The van der Waals surface area contributed by atoms with Crippen LogP contribution in [-0.2, 0) is 10.2 Å². The van der Waals surface area contributed by atoms with E-state index in [1.165, 1.54) is 12.1 Å². The minimum atomic E-state index is -0.951. The predicted octanol–water partition coefficient (Wildman–Crippen LogP) is 3.64. The van der Waals surface area contributed by atoms with E-state index in [4.69, 9.17) is 28.3 Å². The van der Waals surface area contributed by atoms with E-state index in [1.54, 1.807) is 0 Å². The molecule has 1 aromatic rings. The lowest BCUT2D eigenvalue weighted by molar-refractivity contribution is -0.137. The molecule has 1 aromatic carbocycles. The van der Waals surface area contributed by atoms with Crippen molar-refractivity contribution in [1.29, 1.82) is 0 Å². The Bertz CT molecular complexity index is 456. The lowest BCUT2D eigenvalue weighted by atomic mass is 9.92. The molecule has 0 bridgehead atoms. The second kappa shape index (κ2) is 3.90. The standard InChI is InChI=1S/C11H9Cl2FO2/c12-6-1-2-7(13)10(14)9(6)11(3-4-11)5-8(15)16/h1-2H,3-5H2,(H,15,16). The minimum absolute atomic E-state index is 0.0175. The first-order valence-electron chi connectivity index (χ1n) is 4.82. The largest absolute Gasteiger partial charge is 0.481 e. The van der Waals surface area contributed by atoms with Gasteiger partial charge >= 0.3 is 5.97 Å². The van der Waals surface area contributed by atoms with Crippen LogP contribution in [0.1, 0.15) is 24.8 Å². The highest BCUT2D eigenvalue weighted by Gasteiger charge is 2.49. The van der Waals surface area contributed by atoms with Gasteiger partial charge in [0.05, 0.1) is 11.4 Å². The third-order valence-corrected chi connectivity index (χ3v) is 3.52. The van der Waals surface area contributed by atoms with Gasteiger partial charge in [0.25, 0.3) is 0 Å². The molecule has 1 fully saturated rings. The van der Waals surface area contributed by atoms with Crippen LogP contribution in [0.2, 0.25) is 10.0 Å². The van der Waals surface area contributed by atoms with Crippen molar-refractivity contribution >= 4 is 29.2 Å². The maximum absolute atomic E-state index is 13.8. The zero-order valence-electron chi connectivity index (χ0n) is 8.27. The summed E-state index contributed by atoms with van der Waals surface area (Å²) in [7, 11) is 0. The Kier molecular flexibility index (Phi) is 2.84. The van der Waals surface area contributed by atoms with Gasteiger partial charge < -0.3 is 5.11 Å². The van der Waals surface area contributed by atoms with Crippen molar-refractivity contribution in [2.24, 2.45) is 0 Å². The number of aliphatic carboxylic acids is 1. The number of carbonyl (C=O) groups is 1. The number of carboxylic acid groups (broad SMARTS) is 1. The van der Waals surface area contributed by atoms with E-state index in [1.807, 2.05) is 0 Å². The van der Waals surface area contributed by atoms with E-state index in [9.17, 15) is 9.18 Å². The third kappa shape index (κ3) is 1.89. The van der Waals surface area contributed by atoms with Gasteiger partial charge in [-0.1, -0.05) is 23.2 Å². The molecule has 0 amide bonds. The molecule has 0 unspecified atom stereocenters. The van der Waals surface area contributed by atoms with Crippen LogP contribution in [0.3, 0.4) is 0 Å². The molecule has 5 heteroatoms. The summed E-state index contributed by atoms with van der Waals surface area (Å²) in [6, 6.07) is 2.88. The smallest absolute Gasteiger partial charge is 0.304 e. The molecule has 2 nitrogen and oxygen atoms in total. The topological polar surface area (TPSA) is 37.3 Å². The molecule has 0 heterocycles. The van der Waals surface area contributed by atoms with Gasteiger partial charge in [0, 0.05) is 16.0 Å². The first kappa shape index (κ1) is 11.7. The summed E-state index contributed by atoms with van der Waals surface area (Å²) < 4.78 is 13.8. The molecule has 2 rings (SSSR count). The van der Waals surface area contributed by atoms with Crippen LogP contribution in [0.15, 0.2) is 12.1 Å². The highest BCUT2D eigenvalue weighted by Crippen LogP contribution is 2.54. The SMILES string of the molecule is O=C(O)CC1(c2c(Cl)ccc(Cl)c2F)CC1. The molecule has 0 atom stereocenters. The van der Waals surface area contributed by atoms with Gasteiger partial charge in [-0.15, -0.1) is 0 Å². The van der Waals surface area contributed by atoms with E-state index in [0.29, 0.717) is 12.8 Å². The normalized spacial score (nSPS) is 17.2. The molecule has 0 radical (unpaired) electrons. The van der Waals surface area contributed by atoms with Crippen molar-refractivity contribution in [2.45, 2.75) is 24.7 Å². The zero-order valence-corrected chi connectivity index (χ0v) is 9.78. The minimum Gasteiger partial charge on any atom is -0.481 e. The fourth-order valence-electron chi connectivity index (χ4n) is 1.97. The number of rotatable bonds is 3. The summed E-state index contributed by atoms with van der Waals surface area (Å²) in [5.74, 6) is -1.54. The fourth-order valence-corrected chi connectivity index (χ4v) is 2.47. The predicted molar refractivity (Wildman–Crippen MR) is 59.6 cm³/mol. The van der Waals surface area contributed by atoms with Gasteiger partial charge in [0.2, 0.25) is 0 Å². The van der Waals surface area contributed by atoms with Crippen LogP contribution in [0.4, 0.5) is 4.39 Å². The van der Waals surface area contributed by atoms with E-state index in [0.717, 1.165) is 0 Å². The number of hydrogen-bond donors (Lipinski definition) is 1. The van der Waals surface area contributed by atoms with Crippen LogP contribution in [-0.4, -0.2) is 11.1 Å². The van der Waals surface area contributed by atoms with Crippen LogP contribution >= 0.6 is 23.2 Å². The summed E-state index contributed by atoms with van der Waals surface area (Å²) in [5.41, 5.74) is -0.401. The Morgan fingerprint density at radius 3 is 2.44 bits per heavy atom. The number of carboxylic acids is 1. The van der Waals surface area contributed by atoms with Gasteiger partial charge in [-0.2, -0.15) is 0 Å². The summed E-state index contributed by atoms with van der Waals surface area (Å²) in [5, 5.41) is 9.04. The first-order valence-corrected chi connectivity index (χ1v) is 5.58. The Morgan fingerprint density at radius 1 is 1.38 bits per heavy atom. The lowest BCUT2D eigenvalue weighted by Gasteiger charge is -2.16. The summed E-state index contributed by atoms with van der Waals surface area (Å²) in [6.07, 6.45) is 1.16. The maximum Gasteiger partial charge on any atom is 0.304 e. The van der Waals surface area contributed by atoms with Crippen LogP contribution in [0.5, 0.6) is 0 Å². The molecule has 1 N–H and O–H groups in total. The average molecular weight is 263 g/mol. The van der Waals surface area contributed by atoms with Crippen molar-refractivity contribution in [3.8, 4) is 0 Å². The maximum atomic E-state index is 13.8. The zero-order chi connectivity index (χ0) is 11.9. The van der Waals surface area contributed by atoms with Crippen molar-refractivity contribution in [3.63, 3.8) is 0 Å². The van der Waals surface area contributed by atoms with Gasteiger partial charge in [-0.05, 0) is 25.0 Å². The van der Waals surface area contributed by atoms with Crippen molar-refractivity contribution in [2.75, 3.05) is 0 Å². The first-order chi connectivity index (χ1) is 7.46. The summed E-state index contributed by atoms with van der Waals surface area (Å²) >= 11 is 11.6. The van der Waals surface area contributed by atoms with Crippen LogP contribution in [0, 0.1) is 5.82 Å². The summed E-state index contributed by atoms with van der Waals surface area (Å²) in [4.78, 5) is 10.7. The molecule has 1 aliphatic carbocycles. The second-order valence-electron chi connectivity index (χ2n) is 4.07. The van der Waals surface area contributed by atoms with Gasteiger partial charge in [-0.3, -0.25) is 4.79 Å². The molecular weight excluding hydrogens is 254 g/mol. The van der Waals surface area contributed by atoms with E-state index < -0.39 is 17.2 Å². The van der Waals surface area contributed by atoms with Crippen molar-refractivity contribution in [3.05, 3.63) is 33.6 Å². The molecule has 0 aliphatic heterocycles. The van der Waals surface area contributed by atoms with Crippen LogP contribution in [0.25, 0.3) is 0 Å². The second-order valence-corrected chi connectivity index (χ2v) is 4.88. The van der Waals surface area contributed by atoms with Crippen molar-refractivity contribution in [1.82, 2.24) is 0 Å². The Hall–Kier alpha value is -0.800. The van der Waals surface area contributed by atoms with Gasteiger partial charge in [-0.25, -0.2) is 4.39 Å². The molecule has 1 aliphatic rings. The van der Waals surface area contributed by atoms with Crippen molar-refractivity contribution < 1.29 is 14.3 Å². The van der Waals surface area contributed by atoms with Gasteiger partial charge in [0.1, 0.15) is 5.82 Å². The Labute approximate surface area is 102 Å². The van der Waals surface area contributed by atoms with E-state index in [-0.39, 0.29) is 22.0 Å². The molecule has 0 spiro atoms. The monoisotopic (exact) mass is 262 g/mol. The molecule has 16 heavy (non-hydrogen) atoms. The lowest BCUT2D eigenvalue weighted by Crippen LogP contribution is -2.15. The molecule has 0 saturated heterocycles. The average Bonchev–Trinajstić information content (AvgIpc) is 2.92. The van der Waals surface area contributed by atoms with Crippen LogP contribution < -0.4 is 0 Å². The molecule has 0 aromatic heterocycles. The molecule has 1 saturated carbocycles. The van der Waals surface area contributed by atoms with E-state index in [2.05, 4.69) is 0 Å². The molecule has 86 valence electrons. The Morgan fingerprint density at radius 2 is 1.94 bits per heavy atom. The highest BCUT2D eigenvalue weighted by molar-refractivity contribution is 6.33.